The third kappa shape index (κ3) is 3.77. The Labute approximate surface area is 105 Å². The zero-order chi connectivity index (χ0) is 12.1. The first-order chi connectivity index (χ1) is 7.54. The standard InChI is InChI=1S/C12H18BrNO2/c1-8(2)16-7-12(14)10-6-9(15-3)4-5-11(10)13/h4-6,8,12H,7,14H2,1-3H3. The van der Waals surface area contributed by atoms with E-state index in [9.17, 15) is 0 Å². The first kappa shape index (κ1) is 13.5. The second-order valence-electron chi connectivity index (χ2n) is 3.88. The molecule has 0 aliphatic carbocycles. The number of halogens is 1. The van der Waals surface area contributed by atoms with E-state index in [1.807, 2.05) is 32.0 Å². The molecule has 2 N–H and O–H groups in total. The van der Waals surface area contributed by atoms with Crippen LogP contribution >= 0.6 is 15.9 Å². The normalized spacial score (nSPS) is 12.9. The molecule has 90 valence electrons. The molecule has 0 bridgehead atoms. The number of benzene rings is 1. The lowest BCUT2D eigenvalue weighted by molar-refractivity contribution is 0.0681. The lowest BCUT2D eigenvalue weighted by Crippen LogP contribution is -2.20. The third-order valence-corrected chi connectivity index (χ3v) is 2.93. The van der Waals surface area contributed by atoms with Gasteiger partial charge in [-0.15, -0.1) is 0 Å². The lowest BCUT2D eigenvalue weighted by atomic mass is 10.1. The summed E-state index contributed by atoms with van der Waals surface area (Å²) in [5.41, 5.74) is 7.06. The van der Waals surface area contributed by atoms with Crippen LogP contribution in [0.2, 0.25) is 0 Å². The van der Waals surface area contributed by atoms with Crippen LogP contribution in [-0.2, 0) is 4.74 Å². The van der Waals surface area contributed by atoms with E-state index >= 15 is 0 Å². The minimum atomic E-state index is -0.146. The van der Waals surface area contributed by atoms with Gasteiger partial charge in [0.25, 0.3) is 0 Å². The maximum absolute atomic E-state index is 6.06. The SMILES string of the molecule is COc1ccc(Br)c(C(N)COC(C)C)c1. The van der Waals surface area contributed by atoms with Gasteiger partial charge >= 0.3 is 0 Å². The highest BCUT2D eigenvalue weighted by atomic mass is 79.9. The van der Waals surface area contributed by atoms with Crippen LogP contribution in [0.1, 0.15) is 25.5 Å². The van der Waals surface area contributed by atoms with Crippen molar-refractivity contribution in [1.82, 2.24) is 0 Å². The summed E-state index contributed by atoms with van der Waals surface area (Å²) in [4.78, 5) is 0. The van der Waals surface area contributed by atoms with Crippen LogP contribution in [0.15, 0.2) is 22.7 Å². The van der Waals surface area contributed by atoms with Crippen LogP contribution < -0.4 is 10.5 Å². The summed E-state index contributed by atoms with van der Waals surface area (Å²) in [5, 5.41) is 0. The van der Waals surface area contributed by atoms with E-state index < -0.39 is 0 Å². The minimum absolute atomic E-state index is 0.146. The average molecular weight is 288 g/mol. The van der Waals surface area contributed by atoms with E-state index in [1.165, 1.54) is 0 Å². The highest BCUT2D eigenvalue weighted by Crippen LogP contribution is 2.26. The first-order valence-electron chi connectivity index (χ1n) is 5.25. The van der Waals surface area contributed by atoms with Crippen LogP contribution in [-0.4, -0.2) is 19.8 Å². The number of hydrogen-bond donors (Lipinski definition) is 1. The topological polar surface area (TPSA) is 44.5 Å². The number of hydrogen-bond acceptors (Lipinski definition) is 3. The summed E-state index contributed by atoms with van der Waals surface area (Å²) in [6.45, 7) is 4.49. The van der Waals surface area contributed by atoms with Crippen molar-refractivity contribution in [3.05, 3.63) is 28.2 Å². The van der Waals surface area contributed by atoms with Crippen molar-refractivity contribution < 1.29 is 9.47 Å². The highest BCUT2D eigenvalue weighted by Gasteiger charge is 2.12. The summed E-state index contributed by atoms with van der Waals surface area (Å²) in [6, 6.07) is 5.61. The molecule has 3 nitrogen and oxygen atoms in total. The van der Waals surface area contributed by atoms with Crippen LogP contribution in [0.3, 0.4) is 0 Å². The Hall–Kier alpha value is -0.580. The molecule has 0 aliphatic heterocycles. The molecule has 0 aliphatic rings. The van der Waals surface area contributed by atoms with Crippen LogP contribution in [0, 0.1) is 0 Å². The molecule has 0 spiro atoms. The van der Waals surface area contributed by atoms with Gasteiger partial charge in [-0.1, -0.05) is 15.9 Å². The molecule has 1 atom stereocenters. The Bertz CT molecular complexity index is 342. The first-order valence-corrected chi connectivity index (χ1v) is 6.04. The molecule has 4 heteroatoms. The van der Waals surface area contributed by atoms with E-state index in [4.69, 9.17) is 15.2 Å². The zero-order valence-electron chi connectivity index (χ0n) is 9.87. The molecule has 1 unspecified atom stereocenters. The monoisotopic (exact) mass is 287 g/mol. The fourth-order valence-corrected chi connectivity index (χ4v) is 1.86. The summed E-state index contributed by atoms with van der Waals surface area (Å²) in [7, 11) is 1.64. The van der Waals surface area contributed by atoms with E-state index in [2.05, 4.69) is 15.9 Å². The molecule has 1 aromatic carbocycles. The van der Waals surface area contributed by atoms with Crippen molar-refractivity contribution in [2.75, 3.05) is 13.7 Å². The highest BCUT2D eigenvalue weighted by molar-refractivity contribution is 9.10. The molecule has 1 aromatic rings. The van der Waals surface area contributed by atoms with E-state index in [0.29, 0.717) is 6.61 Å². The summed E-state index contributed by atoms with van der Waals surface area (Å²) in [6.07, 6.45) is 0.190. The Kier molecular flexibility index (Phi) is 5.25. The Morgan fingerprint density at radius 1 is 1.38 bits per heavy atom. The summed E-state index contributed by atoms with van der Waals surface area (Å²) in [5.74, 6) is 0.804. The van der Waals surface area contributed by atoms with E-state index in [1.54, 1.807) is 7.11 Å². The van der Waals surface area contributed by atoms with Gasteiger partial charge in [-0.2, -0.15) is 0 Å². The molecule has 0 fully saturated rings. The van der Waals surface area contributed by atoms with Crippen LogP contribution in [0.4, 0.5) is 0 Å². The van der Waals surface area contributed by atoms with Crippen molar-refractivity contribution >= 4 is 15.9 Å². The molecule has 0 radical (unpaired) electrons. The molecule has 0 saturated heterocycles. The van der Waals surface area contributed by atoms with Gasteiger partial charge in [0.1, 0.15) is 5.75 Å². The molecule has 0 aromatic heterocycles. The van der Waals surface area contributed by atoms with Gasteiger partial charge in [0, 0.05) is 4.47 Å². The van der Waals surface area contributed by atoms with Gasteiger partial charge in [-0.05, 0) is 37.6 Å². The fourth-order valence-electron chi connectivity index (χ4n) is 1.32. The second kappa shape index (κ2) is 6.23. The zero-order valence-corrected chi connectivity index (χ0v) is 11.5. The Morgan fingerprint density at radius 2 is 2.06 bits per heavy atom. The van der Waals surface area contributed by atoms with Gasteiger partial charge < -0.3 is 15.2 Å². The maximum atomic E-state index is 6.06. The van der Waals surface area contributed by atoms with Gasteiger partial charge in [0.05, 0.1) is 25.9 Å². The van der Waals surface area contributed by atoms with Crippen molar-refractivity contribution in [2.45, 2.75) is 26.0 Å². The molecule has 0 saturated carbocycles. The number of rotatable bonds is 5. The van der Waals surface area contributed by atoms with Gasteiger partial charge in [-0.3, -0.25) is 0 Å². The van der Waals surface area contributed by atoms with Gasteiger partial charge in [-0.25, -0.2) is 0 Å². The Balaban J connectivity index is 2.76. The summed E-state index contributed by atoms with van der Waals surface area (Å²) < 4.78 is 11.6. The second-order valence-corrected chi connectivity index (χ2v) is 4.73. The maximum Gasteiger partial charge on any atom is 0.119 e. The number of methoxy groups -OCH3 is 1. The summed E-state index contributed by atoms with van der Waals surface area (Å²) >= 11 is 3.48. The van der Waals surface area contributed by atoms with E-state index in [-0.39, 0.29) is 12.1 Å². The van der Waals surface area contributed by atoms with Crippen molar-refractivity contribution in [1.29, 1.82) is 0 Å². The number of nitrogens with two attached hydrogens (primary N) is 1. The smallest absolute Gasteiger partial charge is 0.119 e. The molecule has 0 amide bonds. The minimum Gasteiger partial charge on any atom is -0.497 e. The fraction of sp³-hybridized carbons (Fsp3) is 0.500. The van der Waals surface area contributed by atoms with Gasteiger partial charge in [0.15, 0.2) is 0 Å². The lowest BCUT2D eigenvalue weighted by Gasteiger charge is -2.16. The molecular weight excluding hydrogens is 270 g/mol. The van der Waals surface area contributed by atoms with E-state index in [0.717, 1.165) is 15.8 Å². The molecular formula is C12H18BrNO2. The quantitative estimate of drug-likeness (QED) is 0.906. The number of ether oxygens (including phenoxy) is 2. The van der Waals surface area contributed by atoms with Crippen LogP contribution in [0.5, 0.6) is 5.75 Å². The van der Waals surface area contributed by atoms with Crippen molar-refractivity contribution in [3.63, 3.8) is 0 Å². The average Bonchev–Trinajstić information content (AvgIpc) is 2.26. The molecule has 0 heterocycles. The predicted octanol–water partition coefficient (Wildman–Crippen LogP) is 2.88. The molecule has 16 heavy (non-hydrogen) atoms. The Morgan fingerprint density at radius 3 is 2.62 bits per heavy atom. The van der Waals surface area contributed by atoms with Crippen molar-refractivity contribution in [2.24, 2.45) is 5.73 Å². The third-order valence-electron chi connectivity index (χ3n) is 2.21. The molecule has 1 rings (SSSR count). The van der Waals surface area contributed by atoms with Crippen molar-refractivity contribution in [3.8, 4) is 5.75 Å². The van der Waals surface area contributed by atoms with Gasteiger partial charge in [0.2, 0.25) is 0 Å². The van der Waals surface area contributed by atoms with Crippen LogP contribution in [0.25, 0.3) is 0 Å². The predicted molar refractivity (Wildman–Crippen MR) is 68.7 cm³/mol. The largest absolute Gasteiger partial charge is 0.497 e.